The third-order valence-electron chi connectivity index (χ3n) is 4.36. The van der Waals surface area contributed by atoms with E-state index in [4.69, 9.17) is 10.5 Å². The van der Waals surface area contributed by atoms with E-state index in [0.29, 0.717) is 24.1 Å². The molecule has 1 aromatic rings. The summed E-state index contributed by atoms with van der Waals surface area (Å²) in [5, 5.41) is 2.59. The van der Waals surface area contributed by atoms with Gasteiger partial charge in [-0.2, -0.15) is 0 Å². The molecule has 1 fully saturated rings. The van der Waals surface area contributed by atoms with Gasteiger partial charge in [0.1, 0.15) is 0 Å². The molecule has 0 aromatic heterocycles. The molecule has 0 aliphatic carbocycles. The average molecular weight is 397 g/mol. The van der Waals surface area contributed by atoms with Crippen molar-refractivity contribution < 1.29 is 27.5 Å². The highest BCUT2D eigenvalue weighted by molar-refractivity contribution is 7.88. The minimum absolute atomic E-state index is 0.255. The Kier molecular flexibility index (Phi) is 6.55. The SMILES string of the molecule is CC(OC(=O)C1CCN(S(C)(=O)=O)CC1)C(=O)Nc1ccc(C(N)=O)cc1. The van der Waals surface area contributed by atoms with Gasteiger partial charge in [0.25, 0.3) is 5.91 Å². The molecule has 3 N–H and O–H groups in total. The van der Waals surface area contributed by atoms with Crippen LogP contribution in [0.5, 0.6) is 0 Å². The Morgan fingerprint density at radius 3 is 2.22 bits per heavy atom. The van der Waals surface area contributed by atoms with Crippen LogP contribution in [-0.2, 0) is 24.3 Å². The number of anilines is 1. The van der Waals surface area contributed by atoms with E-state index in [1.54, 1.807) is 0 Å². The van der Waals surface area contributed by atoms with Crippen LogP contribution >= 0.6 is 0 Å². The number of sulfonamides is 1. The summed E-state index contributed by atoms with van der Waals surface area (Å²) in [6.07, 6.45) is 0.832. The van der Waals surface area contributed by atoms with Gasteiger partial charge < -0.3 is 15.8 Å². The van der Waals surface area contributed by atoms with Crippen LogP contribution in [-0.4, -0.2) is 56.0 Å². The number of amides is 2. The molecule has 27 heavy (non-hydrogen) atoms. The maximum Gasteiger partial charge on any atom is 0.309 e. The van der Waals surface area contributed by atoms with Gasteiger partial charge in [0.2, 0.25) is 15.9 Å². The Morgan fingerprint density at radius 2 is 1.74 bits per heavy atom. The minimum atomic E-state index is -3.27. The van der Waals surface area contributed by atoms with Gasteiger partial charge in [0, 0.05) is 24.3 Å². The van der Waals surface area contributed by atoms with Crippen molar-refractivity contribution in [3.05, 3.63) is 29.8 Å². The fourth-order valence-corrected chi connectivity index (χ4v) is 3.58. The molecule has 148 valence electrons. The van der Waals surface area contributed by atoms with E-state index < -0.39 is 39.8 Å². The number of rotatable bonds is 6. The predicted molar refractivity (Wildman–Crippen MR) is 98.3 cm³/mol. The number of carbonyl (C=O) groups is 3. The monoisotopic (exact) mass is 397 g/mol. The van der Waals surface area contributed by atoms with Gasteiger partial charge in [-0.25, -0.2) is 12.7 Å². The average Bonchev–Trinajstić information content (AvgIpc) is 2.61. The lowest BCUT2D eigenvalue weighted by Crippen LogP contribution is -2.41. The number of nitrogens with two attached hydrogens (primary N) is 1. The number of piperidine rings is 1. The zero-order valence-corrected chi connectivity index (χ0v) is 16.0. The van der Waals surface area contributed by atoms with Crippen LogP contribution in [0.1, 0.15) is 30.1 Å². The van der Waals surface area contributed by atoms with E-state index in [1.807, 2.05) is 0 Å². The van der Waals surface area contributed by atoms with Crippen LogP contribution in [0.15, 0.2) is 24.3 Å². The molecule has 0 radical (unpaired) electrons. The molecule has 2 rings (SSSR count). The molecule has 1 aliphatic rings. The van der Waals surface area contributed by atoms with Crippen molar-refractivity contribution in [3.63, 3.8) is 0 Å². The Morgan fingerprint density at radius 1 is 1.19 bits per heavy atom. The van der Waals surface area contributed by atoms with Crippen molar-refractivity contribution in [3.8, 4) is 0 Å². The molecular formula is C17H23N3O6S. The molecule has 1 atom stereocenters. The first kappa shape index (κ1) is 20.8. The highest BCUT2D eigenvalue weighted by Crippen LogP contribution is 2.21. The smallest absolute Gasteiger partial charge is 0.309 e. The lowest BCUT2D eigenvalue weighted by Gasteiger charge is -2.29. The van der Waals surface area contributed by atoms with E-state index in [9.17, 15) is 22.8 Å². The van der Waals surface area contributed by atoms with Gasteiger partial charge in [-0.3, -0.25) is 14.4 Å². The Hall–Kier alpha value is -2.46. The van der Waals surface area contributed by atoms with Crippen molar-refractivity contribution in [1.82, 2.24) is 4.31 Å². The fourth-order valence-electron chi connectivity index (χ4n) is 2.71. The largest absolute Gasteiger partial charge is 0.452 e. The second kappa shape index (κ2) is 8.49. The number of nitrogens with zero attached hydrogens (tertiary/aromatic N) is 1. The molecule has 0 spiro atoms. The molecule has 1 aliphatic heterocycles. The van der Waals surface area contributed by atoms with Gasteiger partial charge >= 0.3 is 5.97 Å². The number of carbonyl (C=O) groups excluding carboxylic acids is 3. The maximum atomic E-state index is 12.2. The van der Waals surface area contributed by atoms with E-state index in [2.05, 4.69) is 5.32 Å². The van der Waals surface area contributed by atoms with E-state index >= 15 is 0 Å². The van der Waals surface area contributed by atoms with Gasteiger partial charge in [0.05, 0.1) is 12.2 Å². The Labute approximate surface area is 157 Å². The van der Waals surface area contributed by atoms with Gasteiger partial charge in [-0.15, -0.1) is 0 Å². The van der Waals surface area contributed by atoms with Crippen LogP contribution in [0.4, 0.5) is 5.69 Å². The number of hydrogen-bond acceptors (Lipinski definition) is 6. The molecular weight excluding hydrogens is 374 g/mol. The second-order valence-corrected chi connectivity index (χ2v) is 8.43. The third-order valence-corrected chi connectivity index (χ3v) is 5.66. The first-order valence-electron chi connectivity index (χ1n) is 8.44. The second-order valence-electron chi connectivity index (χ2n) is 6.45. The summed E-state index contributed by atoms with van der Waals surface area (Å²) in [6, 6.07) is 6.00. The number of hydrogen-bond donors (Lipinski definition) is 2. The van der Waals surface area contributed by atoms with Crippen LogP contribution < -0.4 is 11.1 Å². The van der Waals surface area contributed by atoms with Crippen LogP contribution in [0, 0.1) is 5.92 Å². The zero-order valence-electron chi connectivity index (χ0n) is 15.2. The molecule has 9 nitrogen and oxygen atoms in total. The summed E-state index contributed by atoms with van der Waals surface area (Å²) >= 11 is 0. The van der Waals surface area contributed by atoms with Gasteiger partial charge in [0.15, 0.2) is 6.10 Å². The number of primary amides is 1. The molecule has 1 saturated heterocycles. The lowest BCUT2D eigenvalue weighted by molar-refractivity contribution is -0.158. The quantitative estimate of drug-likeness (QED) is 0.664. The number of ether oxygens (including phenoxy) is 1. The number of esters is 1. The highest BCUT2D eigenvalue weighted by atomic mass is 32.2. The summed E-state index contributed by atoms with van der Waals surface area (Å²) in [4.78, 5) is 35.4. The Balaban J connectivity index is 1.85. The minimum Gasteiger partial charge on any atom is -0.452 e. The van der Waals surface area contributed by atoms with Crippen molar-refractivity contribution in [2.45, 2.75) is 25.9 Å². The van der Waals surface area contributed by atoms with E-state index in [1.165, 1.54) is 35.5 Å². The summed E-state index contributed by atoms with van der Waals surface area (Å²) in [5.41, 5.74) is 5.90. The lowest BCUT2D eigenvalue weighted by atomic mass is 9.98. The standard InChI is InChI=1S/C17H23N3O6S/c1-11(16(22)19-14-5-3-12(4-6-14)15(18)21)26-17(23)13-7-9-20(10-8-13)27(2,24)25/h3-6,11,13H,7-10H2,1-2H3,(H2,18,21)(H,19,22). The van der Waals surface area contributed by atoms with Crippen molar-refractivity contribution in [2.24, 2.45) is 11.7 Å². The van der Waals surface area contributed by atoms with Crippen molar-refractivity contribution >= 4 is 33.5 Å². The molecule has 1 heterocycles. The summed E-state index contributed by atoms with van der Waals surface area (Å²) in [5.74, 6) is -2.04. The molecule has 0 bridgehead atoms. The number of benzene rings is 1. The van der Waals surface area contributed by atoms with E-state index in [0.717, 1.165) is 6.26 Å². The maximum absolute atomic E-state index is 12.2. The first-order chi connectivity index (χ1) is 12.6. The molecule has 10 heteroatoms. The molecule has 2 amide bonds. The van der Waals surface area contributed by atoms with Crippen LogP contribution in [0.2, 0.25) is 0 Å². The normalized spacial score (nSPS) is 17.1. The number of nitrogens with one attached hydrogen (secondary N) is 1. The van der Waals surface area contributed by atoms with Crippen LogP contribution in [0.3, 0.4) is 0 Å². The van der Waals surface area contributed by atoms with Gasteiger partial charge in [-0.05, 0) is 44.0 Å². The van der Waals surface area contributed by atoms with Crippen molar-refractivity contribution in [1.29, 1.82) is 0 Å². The predicted octanol–water partition coefficient (Wildman–Crippen LogP) is 0.327. The third kappa shape index (κ3) is 5.76. The zero-order chi connectivity index (χ0) is 20.2. The summed E-state index contributed by atoms with van der Waals surface area (Å²) in [6.45, 7) is 1.97. The fraction of sp³-hybridized carbons (Fsp3) is 0.471. The molecule has 1 aromatic carbocycles. The van der Waals surface area contributed by atoms with Gasteiger partial charge in [-0.1, -0.05) is 0 Å². The Bertz CT molecular complexity index is 814. The van der Waals surface area contributed by atoms with Crippen LogP contribution in [0.25, 0.3) is 0 Å². The highest BCUT2D eigenvalue weighted by Gasteiger charge is 2.31. The summed E-state index contributed by atoms with van der Waals surface area (Å²) in [7, 11) is -3.27. The molecule has 0 saturated carbocycles. The molecule has 1 unspecified atom stereocenters. The first-order valence-corrected chi connectivity index (χ1v) is 10.3. The topological polar surface area (TPSA) is 136 Å². The van der Waals surface area contributed by atoms with Crippen molar-refractivity contribution in [2.75, 3.05) is 24.7 Å². The summed E-state index contributed by atoms with van der Waals surface area (Å²) < 4.78 is 29.5. The van der Waals surface area contributed by atoms with E-state index in [-0.39, 0.29) is 13.1 Å².